The van der Waals surface area contributed by atoms with Crippen LogP contribution in [-0.2, 0) is 0 Å². The van der Waals surface area contributed by atoms with Gasteiger partial charge in [0.15, 0.2) is 11.4 Å². The summed E-state index contributed by atoms with van der Waals surface area (Å²) in [6, 6.07) is 3.78. The van der Waals surface area contributed by atoms with Gasteiger partial charge < -0.3 is 14.6 Å². The fourth-order valence-corrected chi connectivity index (χ4v) is 4.30. The fraction of sp³-hybridized carbons (Fsp3) is 0.556. The number of nitrogens with one attached hydrogen (secondary N) is 1. The lowest BCUT2D eigenvalue weighted by Crippen LogP contribution is -2.67. The van der Waals surface area contributed by atoms with Crippen molar-refractivity contribution in [3.63, 3.8) is 0 Å². The highest BCUT2D eigenvalue weighted by atomic mass is 19.2. The van der Waals surface area contributed by atoms with Gasteiger partial charge >= 0.3 is 0 Å². The lowest BCUT2D eigenvalue weighted by molar-refractivity contribution is 0.199. The molecule has 2 aliphatic rings. The Bertz CT molecular complexity index is 740. The Hall–Kier alpha value is -1.62. The van der Waals surface area contributed by atoms with Crippen molar-refractivity contribution in [2.45, 2.75) is 57.2 Å². The smallest absolute Gasteiger partial charge is 0.202 e. The minimum Gasteiger partial charge on any atom is -0.461 e. The van der Waals surface area contributed by atoms with Gasteiger partial charge in [0.2, 0.25) is 5.82 Å². The first-order valence-electron chi connectivity index (χ1n) is 8.36. The number of fused-ring (bicyclic) bond motifs is 2. The molecule has 0 bridgehead atoms. The summed E-state index contributed by atoms with van der Waals surface area (Å²) < 4.78 is 33.2. The van der Waals surface area contributed by atoms with E-state index in [0.717, 1.165) is 25.1 Å². The molecule has 2 aromatic rings. The van der Waals surface area contributed by atoms with E-state index >= 15 is 0 Å². The average molecular weight is 320 g/mol. The van der Waals surface area contributed by atoms with Gasteiger partial charge in [0, 0.05) is 35.6 Å². The number of furan rings is 1. The van der Waals surface area contributed by atoms with Gasteiger partial charge in [-0.25, -0.2) is 4.39 Å². The molecule has 1 saturated carbocycles. The standard InChI is InChI=1S/C18H22F2N2O/c1-18(2)10-22(14-6-4-3-5-13(14)21-18)15-9-12(19)16(20)17-11(15)7-8-23-17/h7-9,13-14,21H,3-6,10H2,1-2H3. The molecule has 124 valence electrons. The zero-order valence-electron chi connectivity index (χ0n) is 13.5. The van der Waals surface area contributed by atoms with E-state index in [4.69, 9.17) is 4.42 Å². The minimum atomic E-state index is -0.900. The lowest BCUT2D eigenvalue weighted by Gasteiger charge is -2.52. The molecule has 1 aromatic heterocycles. The Morgan fingerprint density at radius 2 is 2.04 bits per heavy atom. The van der Waals surface area contributed by atoms with Crippen LogP contribution in [0.5, 0.6) is 0 Å². The molecule has 0 amide bonds. The van der Waals surface area contributed by atoms with Gasteiger partial charge in [-0.05, 0) is 32.8 Å². The second-order valence-corrected chi connectivity index (χ2v) is 7.47. The van der Waals surface area contributed by atoms with Crippen LogP contribution < -0.4 is 10.2 Å². The molecule has 2 heterocycles. The monoisotopic (exact) mass is 320 g/mol. The van der Waals surface area contributed by atoms with Gasteiger partial charge in [0.05, 0.1) is 12.0 Å². The van der Waals surface area contributed by atoms with Crippen LogP contribution in [0.2, 0.25) is 0 Å². The molecule has 4 rings (SSSR count). The molecule has 23 heavy (non-hydrogen) atoms. The molecule has 2 fully saturated rings. The molecular formula is C18H22F2N2O. The molecule has 0 spiro atoms. The maximum Gasteiger partial charge on any atom is 0.202 e. The topological polar surface area (TPSA) is 28.4 Å². The summed E-state index contributed by atoms with van der Waals surface area (Å²) in [6.45, 7) is 5.09. The summed E-state index contributed by atoms with van der Waals surface area (Å²) in [5.74, 6) is -1.74. The van der Waals surface area contributed by atoms with Gasteiger partial charge in [0.25, 0.3) is 0 Å². The van der Waals surface area contributed by atoms with Crippen LogP contribution in [0.15, 0.2) is 22.8 Å². The number of anilines is 1. The Balaban J connectivity index is 1.84. The third-order valence-electron chi connectivity index (χ3n) is 5.19. The van der Waals surface area contributed by atoms with E-state index < -0.39 is 11.6 Å². The maximum atomic E-state index is 14.1. The lowest BCUT2D eigenvalue weighted by atomic mass is 9.83. The molecule has 2 atom stereocenters. The second kappa shape index (κ2) is 5.20. The van der Waals surface area contributed by atoms with Crippen molar-refractivity contribution in [2.75, 3.05) is 11.4 Å². The third-order valence-corrected chi connectivity index (χ3v) is 5.19. The van der Waals surface area contributed by atoms with Crippen LogP contribution in [0.3, 0.4) is 0 Å². The number of nitrogens with zero attached hydrogens (tertiary/aromatic N) is 1. The van der Waals surface area contributed by atoms with E-state index in [-0.39, 0.29) is 11.1 Å². The van der Waals surface area contributed by atoms with Crippen LogP contribution >= 0.6 is 0 Å². The molecule has 1 saturated heterocycles. The first-order valence-corrected chi connectivity index (χ1v) is 8.36. The number of rotatable bonds is 1. The van der Waals surface area contributed by atoms with Crippen molar-refractivity contribution in [3.05, 3.63) is 30.0 Å². The van der Waals surface area contributed by atoms with Crippen LogP contribution in [0.4, 0.5) is 14.5 Å². The van der Waals surface area contributed by atoms with Crippen molar-refractivity contribution in [1.29, 1.82) is 0 Å². The highest BCUT2D eigenvalue weighted by Crippen LogP contribution is 2.38. The van der Waals surface area contributed by atoms with Crippen LogP contribution in [0.25, 0.3) is 11.0 Å². The Labute approximate surface area is 134 Å². The van der Waals surface area contributed by atoms with Gasteiger partial charge in [0.1, 0.15) is 0 Å². The summed E-state index contributed by atoms with van der Waals surface area (Å²) in [4.78, 5) is 2.26. The third kappa shape index (κ3) is 2.42. The molecule has 5 heteroatoms. The van der Waals surface area contributed by atoms with Gasteiger partial charge in [-0.15, -0.1) is 0 Å². The van der Waals surface area contributed by atoms with Crippen molar-refractivity contribution in [3.8, 4) is 0 Å². The number of hydrogen-bond donors (Lipinski definition) is 1. The summed E-state index contributed by atoms with van der Waals surface area (Å²) >= 11 is 0. The molecule has 2 unspecified atom stereocenters. The Morgan fingerprint density at radius 1 is 1.26 bits per heavy atom. The van der Waals surface area contributed by atoms with E-state index in [1.807, 2.05) is 0 Å². The van der Waals surface area contributed by atoms with E-state index in [1.54, 1.807) is 6.07 Å². The Kier molecular flexibility index (Phi) is 3.38. The van der Waals surface area contributed by atoms with E-state index in [1.165, 1.54) is 25.2 Å². The fourth-order valence-electron chi connectivity index (χ4n) is 4.30. The van der Waals surface area contributed by atoms with Crippen molar-refractivity contribution < 1.29 is 13.2 Å². The van der Waals surface area contributed by atoms with Crippen molar-refractivity contribution in [2.24, 2.45) is 0 Å². The van der Waals surface area contributed by atoms with Crippen LogP contribution in [0.1, 0.15) is 39.5 Å². The van der Waals surface area contributed by atoms with E-state index in [9.17, 15) is 8.78 Å². The summed E-state index contributed by atoms with van der Waals surface area (Å²) in [5, 5.41) is 4.39. The molecular weight excluding hydrogens is 298 g/mol. The molecule has 3 nitrogen and oxygen atoms in total. The van der Waals surface area contributed by atoms with E-state index in [2.05, 4.69) is 24.1 Å². The largest absolute Gasteiger partial charge is 0.461 e. The highest BCUT2D eigenvalue weighted by Gasteiger charge is 2.41. The SMILES string of the molecule is CC1(C)CN(c2cc(F)c(F)c3occc23)C2CCCCC2N1. The van der Waals surface area contributed by atoms with Crippen LogP contribution in [0, 0.1) is 11.6 Å². The highest BCUT2D eigenvalue weighted by molar-refractivity contribution is 5.92. The zero-order valence-corrected chi connectivity index (χ0v) is 13.5. The summed E-state index contributed by atoms with van der Waals surface area (Å²) in [7, 11) is 0. The van der Waals surface area contributed by atoms with Crippen molar-refractivity contribution in [1.82, 2.24) is 5.32 Å². The summed E-state index contributed by atoms with van der Waals surface area (Å²) in [5.41, 5.74) is 0.696. The number of halogens is 2. The van der Waals surface area contributed by atoms with E-state index in [0.29, 0.717) is 17.5 Å². The molecule has 1 aliphatic heterocycles. The second-order valence-electron chi connectivity index (χ2n) is 7.47. The Morgan fingerprint density at radius 3 is 2.87 bits per heavy atom. The normalized spacial score (nSPS) is 27.2. The maximum absolute atomic E-state index is 14.1. The molecule has 1 N–H and O–H groups in total. The predicted octanol–water partition coefficient (Wildman–Crippen LogP) is 4.21. The average Bonchev–Trinajstić information content (AvgIpc) is 2.99. The number of benzene rings is 1. The quantitative estimate of drug-likeness (QED) is 0.853. The molecule has 1 aromatic carbocycles. The number of piperazine rings is 1. The zero-order chi connectivity index (χ0) is 16.2. The van der Waals surface area contributed by atoms with Gasteiger partial charge in [-0.2, -0.15) is 4.39 Å². The van der Waals surface area contributed by atoms with Gasteiger partial charge in [-0.3, -0.25) is 0 Å². The molecule has 0 radical (unpaired) electrons. The van der Waals surface area contributed by atoms with Crippen LogP contribution in [-0.4, -0.2) is 24.2 Å². The predicted molar refractivity (Wildman–Crippen MR) is 86.7 cm³/mol. The molecule has 1 aliphatic carbocycles. The minimum absolute atomic E-state index is 0.0173. The first kappa shape index (κ1) is 14.9. The van der Waals surface area contributed by atoms with Gasteiger partial charge in [-0.1, -0.05) is 12.8 Å². The first-order chi connectivity index (χ1) is 11.0. The summed E-state index contributed by atoms with van der Waals surface area (Å²) in [6.07, 6.45) is 6.03. The number of hydrogen-bond acceptors (Lipinski definition) is 3. The van der Waals surface area contributed by atoms with Crippen molar-refractivity contribution >= 4 is 16.7 Å².